The van der Waals surface area contributed by atoms with Crippen LogP contribution in [-0.4, -0.2) is 41.2 Å². The molecule has 0 unspecified atom stereocenters. The van der Waals surface area contributed by atoms with E-state index in [-0.39, 0.29) is 10.6 Å². The fourth-order valence-electron chi connectivity index (χ4n) is 2.15. The molecule has 0 aliphatic carbocycles. The first-order valence-electron chi connectivity index (χ1n) is 7.23. The molecule has 6 nitrogen and oxygen atoms in total. The Morgan fingerprint density at radius 1 is 1.30 bits per heavy atom. The minimum absolute atomic E-state index is 0.0437. The monoisotopic (exact) mass is 441 g/mol. The summed E-state index contributed by atoms with van der Waals surface area (Å²) in [6.45, 7) is 3.08. The van der Waals surface area contributed by atoms with Gasteiger partial charge in [0.2, 0.25) is 0 Å². The third-order valence-electron chi connectivity index (χ3n) is 3.41. The molecule has 121 valence electrons. The molecule has 2 aromatic rings. The van der Waals surface area contributed by atoms with Crippen molar-refractivity contribution in [2.75, 3.05) is 11.4 Å². The van der Waals surface area contributed by atoms with Gasteiger partial charge in [0, 0.05) is 0 Å². The summed E-state index contributed by atoms with van der Waals surface area (Å²) >= 11 is 4.10. The van der Waals surface area contributed by atoms with Crippen molar-refractivity contribution in [1.82, 2.24) is 9.97 Å². The van der Waals surface area contributed by atoms with E-state index in [4.69, 9.17) is 11.6 Å². The normalized spacial score (nSPS) is 10.8. The van der Waals surface area contributed by atoms with Crippen molar-refractivity contribution in [2.24, 2.45) is 0 Å². The van der Waals surface area contributed by atoms with Crippen LogP contribution in [-0.2, 0) is 6.54 Å². The third-order valence-corrected chi connectivity index (χ3v) is 7.35. The fraction of sp³-hybridized carbons (Fsp3) is 0.333. The summed E-state index contributed by atoms with van der Waals surface area (Å²) in [5.41, 5.74) is 0.979. The minimum atomic E-state index is -1.70. The number of nitrogens with zero attached hydrogens (tertiary/aromatic N) is 4. The molecule has 1 radical (unpaired) electrons. The Morgan fingerprint density at radius 2 is 2.04 bits per heavy atom. The molecule has 0 spiro atoms. The summed E-state index contributed by atoms with van der Waals surface area (Å²) < 4.78 is 1.03. The Labute approximate surface area is 147 Å². The van der Waals surface area contributed by atoms with Crippen LogP contribution < -0.4 is 8.61 Å². The Hall–Kier alpha value is -1.41. The summed E-state index contributed by atoms with van der Waals surface area (Å²) in [5, 5.41) is 11.8. The van der Waals surface area contributed by atoms with Gasteiger partial charge in [-0.15, -0.1) is 0 Å². The second-order valence-corrected chi connectivity index (χ2v) is 12.9. The number of aromatic nitrogens is 2. The average Bonchev–Trinajstić information content (AvgIpc) is 2.53. The summed E-state index contributed by atoms with van der Waals surface area (Å²) in [6.07, 6.45) is 1.68. The Bertz CT molecular complexity index is 694. The number of anilines is 1. The van der Waals surface area contributed by atoms with Crippen molar-refractivity contribution >= 4 is 46.6 Å². The molecule has 23 heavy (non-hydrogen) atoms. The van der Waals surface area contributed by atoms with E-state index in [1.807, 2.05) is 17.9 Å². The van der Waals surface area contributed by atoms with Crippen molar-refractivity contribution in [3.8, 4) is 0 Å². The van der Waals surface area contributed by atoms with Crippen LogP contribution in [0.1, 0.15) is 12.5 Å². The molecule has 0 fully saturated rings. The van der Waals surface area contributed by atoms with Crippen molar-refractivity contribution in [1.29, 1.82) is 0 Å². The quantitative estimate of drug-likeness (QED) is 0.299. The molecular formula is C15H18ClN4O2Sn. The van der Waals surface area contributed by atoms with Crippen LogP contribution >= 0.6 is 11.6 Å². The zero-order chi connectivity index (χ0) is 17.0. The van der Waals surface area contributed by atoms with Crippen LogP contribution in [0, 0.1) is 10.1 Å². The van der Waals surface area contributed by atoms with Gasteiger partial charge in [-0.05, 0) is 0 Å². The predicted molar refractivity (Wildman–Crippen MR) is 94.0 cm³/mol. The molecule has 0 saturated heterocycles. The van der Waals surface area contributed by atoms with E-state index in [2.05, 4.69) is 19.8 Å². The van der Waals surface area contributed by atoms with Crippen LogP contribution in [0.2, 0.25) is 15.0 Å². The van der Waals surface area contributed by atoms with Crippen LogP contribution in [0.25, 0.3) is 0 Å². The Kier molecular flexibility index (Phi) is 6.17. The zero-order valence-electron chi connectivity index (χ0n) is 13.3. The Balaban J connectivity index is 2.40. The molecule has 2 rings (SSSR count). The van der Waals surface area contributed by atoms with Gasteiger partial charge >= 0.3 is 148 Å². The summed E-state index contributed by atoms with van der Waals surface area (Å²) in [4.78, 5) is 26.0. The van der Waals surface area contributed by atoms with Crippen LogP contribution in [0.3, 0.4) is 0 Å². The molecule has 2 aromatic heterocycles. The van der Waals surface area contributed by atoms with Gasteiger partial charge in [0.15, 0.2) is 0 Å². The van der Waals surface area contributed by atoms with Crippen molar-refractivity contribution in [3.63, 3.8) is 0 Å². The average molecular weight is 440 g/mol. The van der Waals surface area contributed by atoms with E-state index in [0.717, 1.165) is 9.27 Å². The van der Waals surface area contributed by atoms with Crippen molar-refractivity contribution < 1.29 is 4.92 Å². The molecule has 0 amide bonds. The molecule has 0 aliphatic rings. The molecule has 0 saturated carbocycles. The van der Waals surface area contributed by atoms with Gasteiger partial charge in [0.25, 0.3) is 0 Å². The van der Waals surface area contributed by atoms with E-state index in [9.17, 15) is 10.1 Å². The number of nitro groups is 1. The van der Waals surface area contributed by atoms with E-state index < -0.39 is 19.8 Å². The number of halogens is 1. The first-order chi connectivity index (χ1) is 10.9. The predicted octanol–water partition coefficient (Wildman–Crippen LogP) is 3.03. The van der Waals surface area contributed by atoms with Gasteiger partial charge < -0.3 is 0 Å². The SMILES string of the molecule is CCN(Cc1ccc(Cl)nc1)c1n[c]([Sn]([CH3])[CH3])ccc1[N+](=O)[O-]. The Morgan fingerprint density at radius 3 is 2.57 bits per heavy atom. The summed E-state index contributed by atoms with van der Waals surface area (Å²) in [6, 6.07) is 6.96. The van der Waals surface area contributed by atoms with Gasteiger partial charge in [-0.3, -0.25) is 0 Å². The van der Waals surface area contributed by atoms with E-state index >= 15 is 0 Å². The molecule has 8 heteroatoms. The van der Waals surface area contributed by atoms with E-state index in [1.54, 1.807) is 24.4 Å². The molecular weight excluding hydrogens is 422 g/mol. The van der Waals surface area contributed by atoms with Crippen LogP contribution in [0.5, 0.6) is 0 Å². The second-order valence-electron chi connectivity index (χ2n) is 5.30. The zero-order valence-corrected chi connectivity index (χ0v) is 16.9. The molecule has 0 N–H and O–H groups in total. The van der Waals surface area contributed by atoms with Crippen molar-refractivity contribution in [2.45, 2.75) is 23.3 Å². The van der Waals surface area contributed by atoms with Gasteiger partial charge in [-0.2, -0.15) is 0 Å². The first-order valence-corrected chi connectivity index (χ1v) is 14.7. The standard InChI is InChI=1S/C13H12ClN4O2.2CH3.Sn/c1-2-17(9-10-5-6-12(14)16-8-10)13-11(18(19)20)4-3-7-15-13;;;/h3-6,8H,2,9H2,1H3;2*1H3;. The third kappa shape index (κ3) is 4.54. The second kappa shape index (κ2) is 7.92. The molecule has 0 aliphatic heterocycles. The number of hydrogen-bond acceptors (Lipinski definition) is 5. The molecule has 0 bridgehead atoms. The van der Waals surface area contributed by atoms with Gasteiger partial charge in [-0.1, -0.05) is 0 Å². The first kappa shape index (κ1) is 17.9. The van der Waals surface area contributed by atoms with E-state index in [1.165, 1.54) is 0 Å². The van der Waals surface area contributed by atoms with Crippen LogP contribution in [0.15, 0.2) is 30.5 Å². The fourth-order valence-corrected chi connectivity index (χ4v) is 4.39. The van der Waals surface area contributed by atoms with E-state index in [0.29, 0.717) is 24.1 Å². The number of hydrogen-bond donors (Lipinski definition) is 0. The maximum atomic E-state index is 11.3. The van der Waals surface area contributed by atoms with Gasteiger partial charge in [0.05, 0.1) is 0 Å². The maximum absolute atomic E-state index is 11.3. The summed E-state index contributed by atoms with van der Waals surface area (Å²) in [7, 11) is 0. The summed E-state index contributed by atoms with van der Waals surface area (Å²) in [5.74, 6) is 0.437. The molecule has 2 heterocycles. The van der Waals surface area contributed by atoms with Crippen LogP contribution in [0.4, 0.5) is 11.5 Å². The topological polar surface area (TPSA) is 72.2 Å². The number of rotatable bonds is 6. The van der Waals surface area contributed by atoms with Gasteiger partial charge in [0.1, 0.15) is 0 Å². The molecule has 0 atom stereocenters. The van der Waals surface area contributed by atoms with Gasteiger partial charge in [-0.25, -0.2) is 0 Å². The number of pyridine rings is 2. The van der Waals surface area contributed by atoms with Crippen molar-refractivity contribution in [3.05, 3.63) is 51.3 Å². The molecule has 0 aromatic carbocycles.